The Morgan fingerprint density at radius 1 is 1.39 bits per heavy atom. The largest absolute Gasteiger partial charge is 0.478 e. The van der Waals surface area contributed by atoms with Crippen molar-refractivity contribution in [3.8, 4) is 0 Å². The van der Waals surface area contributed by atoms with E-state index in [2.05, 4.69) is 5.32 Å². The monoisotopic (exact) mass is 254 g/mol. The number of benzene rings is 1. The van der Waals surface area contributed by atoms with Gasteiger partial charge in [-0.15, -0.1) is 0 Å². The van der Waals surface area contributed by atoms with Crippen LogP contribution in [0.1, 0.15) is 10.4 Å². The van der Waals surface area contributed by atoms with Gasteiger partial charge in [-0.2, -0.15) is 0 Å². The van der Waals surface area contributed by atoms with E-state index >= 15 is 0 Å². The molecule has 0 heterocycles. The van der Waals surface area contributed by atoms with Crippen molar-refractivity contribution in [3.05, 3.63) is 23.8 Å². The van der Waals surface area contributed by atoms with E-state index in [4.69, 9.17) is 20.3 Å². The van der Waals surface area contributed by atoms with Crippen LogP contribution >= 0.6 is 0 Å². The molecule has 18 heavy (non-hydrogen) atoms. The second-order valence-corrected chi connectivity index (χ2v) is 3.64. The minimum Gasteiger partial charge on any atom is -0.478 e. The average Bonchev–Trinajstić information content (AvgIpc) is 2.33. The SMILES string of the molecule is COCCOCCNc1cc(N)ccc1C(=O)O. The number of nitrogen functional groups attached to an aromatic ring is 1. The van der Waals surface area contributed by atoms with E-state index in [1.807, 2.05) is 0 Å². The summed E-state index contributed by atoms with van der Waals surface area (Å²) in [6.07, 6.45) is 0. The number of methoxy groups -OCH3 is 1. The molecule has 0 aliphatic rings. The molecule has 0 radical (unpaired) electrons. The third-order valence-corrected chi connectivity index (χ3v) is 2.27. The molecular formula is C12H18N2O4. The zero-order valence-electron chi connectivity index (χ0n) is 10.3. The molecule has 6 nitrogen and oxygen atoms in total. The van der Waals surface area contributed by atoms with Crippen molar-refractivity contribution in [1.82, 2.24) is 0 Å². The summed E-state index contributed by atoms with van der Waals surface area (Å²) < 4.78 is 10.1. The van der Waals surface area contributed by atoms with Gasteiger partial charge in [0.05, 0.1) is 31.1 Å². The number of rotatable bonds is 8. The fourth-order valence-corrected chi connectivity index (χ4v) is 1.40. The van der Waals surface area contributed by atoms with Gasteiger partial charge in [-0.25, -0.2) is 4.79 Å². The van der Waals surface area contributed by atoms with E-state index < -0.39 is 5.97 Å². The summed E-state index contributed by atoms with van der Waals surface area (Å²) in [4.78, 5) is 11.0. The highest BCUT2D eigenvalue weighted by Gasteiger charge is 2.09. The van der Waals surface area contributed by atoms with E-state index in [-0.39, 0.29) is 5.56 Å². The molecule has 0 unspecified atom stereocenters. The van der Waals surface area contributed by atoms with Crippen LogP contribution in [0.5, 0.6) is 0 Å². The Balaban J connectivity index is 2.45. The zero-order valence-corrected chi connectivity index (χ0v) is 10.3. The third kappa shape index (κ3) is 4.60. The highest BCUT2D eigenvalue weighted by atomic mass is 16.5. The van der Waals surface area contributed by atoms with Crippen LogP contribution in [-0.2, 0) is 9.47 Å². The fourth-order valence-electron chi connectivity index (χ4n) is 1.40. The average molecular weight is 254 g/mol. The molecule has 4 N–H and O–H groups in total. The molecule has 1 aromatic carbocycles. The molecule has 0 spiro atoms. The Kier molecular flexibility index (Phi) is 5.96. The van der Waals surface area contributed by atoms with Crippen molar-refractivity contribution in [3.63, 3.8) is 0 Å². The predicted molar refractivity (Wildman–Crippen MR) is 69.0 cm³/mol. The van der Waals surface area contributed by atoms with Gasteiger partial charge < -0.3 is 25.6 Å². The molecule has 0 aliphatic carbocycles. The van der Waals surface area contributed by atoms with Crippen LogP contribution in [0.3, 0.4) is 0 Å². The number of anilines is 2. The van der Waals surface area contributed by atoms with Gasteiger partial charge in [0.1, 0.15) is 0 Å². The first kappa shape index (κ1) is 14.3. The smallest absolute Gasteiger partial charge is 0.337 e. The van der Waals surface area contributed by atoms with E-state index in [0.717, 1.165) is 0 Å². The molecule has 100 valence electrons. The standard InChI is InChI=1S/C12H18N2O4/c1-17-6-7-18-5-4-14-11-8-9(13)2-3-10(11)12(15)16/h2-3,8,14H,4-7,13H2,1H3,(H,15,16). The Bertz CT molecular complexity index is 396. The Hall–Kier alpha value is -1.79. The van der Waals surface area contributed by atoms with Crippen molar-refractivity contribution >= 4 is 17.3 Å². The lowest BCUT2D eigenvalue weighted by Gasteiger charge is -2.10. The molecule has 0 saturated heterocycles. The number of hydrogen-bond donors (Lipinski definition) is 3. The van der Waals surface area contributed by atoms with E-state index in [1.54, 1.807) is 19.2 Å². The lowest BCUT2D eigenvalue weighted by molar-refractivity contribution is 0.0697. The van der Waals surface area contributed by atoms with Crippen LogP contribution in [0.4, 0.5) is 11.4 Å². The lowest BCUT2D eigenvalue weighted by Crippen LogP contribution is -2.14. The first-order valence-electron chi connectivity index (χ1n) is 5.58. The molecule has 0 bridgehead atoms. The maximum absolute atomic E-state index is 11.0. The molecule has 0 atom stereocenters. The topological polar surface area (TPSA) is 93.8 Å². The number of ether oxygens (including phenoxy) is 2. The maximum atomic E-state index is 11.0. The van der Waals surface area contributed by atoms with Crippen LogP contribution < -0.4 is 11.1 Å². The third-order valence-electron chi connectivity index (χ3n) is 2.27. The summed E-state index contributed by atoms with van der Waals surface area (Å²) in [5.41, 5.74) is 6.83. The number of carboxylic acid groups (broad SMARTS) is 1. The lowest BCUT2D eigenvalue weighted by atomic mass is 10.1. The highest BCUT2D eigenvalue weighted by Crippen LogP contribution is 2.18. The van der Waals surface area contributed by atoms with Crippen molar-refractivity contribution in [2.75, 3.05) is 44.5 Å². The molecule has 0 fully saturated rings. The summed E-state index contributed by atoms with van der Waals surface area (Å²) in [5.74, 6) is -0.988. The van der Waals surface area contributed by atoms with E-state index in [1.165, 1.54) is 6.07 Å². The Morgan fingerprint density at radius 3 is 2.83 bits per heavy atom. The number of nitrogens with two attached hydrogens (primary N) is 1. The molecular weight excluding hydrogens is 236 g/mol. The van der Waals surface area contributed by atoms with Gasteiger partial charge in [0.2, 0.25) is 0 Å². The summed E-state index contributed by atoms with van der Waals surface area (Å²) in [6.45, 7) is 2.03. The second-order valence-electron chi connectivity index (χ2n) is 3.64. The van der Waals surface area contributed by atoms with E-state index in [9.17, 15) is 4.79 Å². The van der Waals surface area contributed by atoms with Crippen molar-refractivity contribution in [1.29, 1.82) is 0 Å². The Labute approximate surface area is 106 Å². The number of carboxylic acids is 1. The molecule has 0 aromatic heterocycles. The zero-order chi connectivity index (χ0) is 13.4. The number of hydrogen-bond acceptors (Lipinski definition) is 5. The summed E-state index contributed by atoms with van der Waals surface area (Å²) in [7, 11) is 1.60. The normalized spacial score (nSPS) is 10.3. The quantitative estimate of drug-likeness (QED) is 0.474. The van der Waals surface area contributed by atoms with Crippen LogP contribution in [0.15, 0.2) is 18.2 Å². The molecule has 6 heteroatoms. The van der Waals surface area contributed by atoms with Gasteiger partial charge in [-0.05, 0) is 18.2 Å². The van der Waals surface area contributed by atoms with Gasteiger partial charge in [-0.1, -0.05) is 0 Å². The molecule has 0 amide bonds. The number of aromatic carboxylic acids is 1. The van der Waals surface area contributed by atoms with E-state index in [0.29, 0.717) is 37.7 Å². The maximum Gasteiger partial charge on any atom is 0.337 e. The first-order valence-corrected chi connectivity index (χ1v) is 5.58. The van der Waals surface area contributed by atoms with Crippen molar-refractivity contribution in [2.45, 2.75) is 0 Å². The molecule has 1 rings (SSSR count). The van der Waals surface area contributed by atoms with Gasteiger partial charge in [0, 0.05) is 19.3 Å². The summed E-state index contributed by atoms with van der Waals surface area (Å²) in [5, 5.41) is 12.0. The van der Waals surface area contributed by atoms with Crippen LogP contribution in [0.2, 0.25) is 0 Å². The summed E-state index contributed by atoms with van der Waals surface area (Å²) >= 11 is 0. The van der Waals surface area contributed by atoms with Crippen LogP contribution in [-0.4, -0.2) is 44.6 Å². The fraction of sp³-hybridized carbons (Fsp3) is 0.417. The molecule has 1 aromatic rings. The first-order chi connectivity index (χ1) is 8.65. The van der Waals surface area contributed by atoms with Gasteiger partial charge in [-0.3, -0.25) is 0 Å². The Morgan fingerprint density at radius 2 is 2.17 bits per heavy atom. The highest BCUT2D eigenvalue weighted by molar-refractivity contribution is 5.95. The van der Waals surface area contributed by atoms with Crippen molar-refractivity contribution in [2.24, 2.45) is 0 Å². The van der Waals surface area contributed by atoms with Crippen LogP contribution in [0, 0.1) is 0 Å². The van der Waals surface area contributed by atoms with Gasteiger partial charge >= 0.3 is 5.97 Å². The minimum absolute atomic E-state index is 0.195. The van der Waals surface area contributed by atoms with Gasteiger partial charge in [0.25, 0.3) is 0 Å². The van der Waals surface area contributed by atoms with Crippen LogP contribution in [0.25, 0.3) is 0 Å². The summed E-state index contributed by atoms with van der Waals surface area (Å²) in [6, 6.07) is 4.63. The molecule has 0 saturated carbocycles. The minimum atomic E-state index is -0.988. The second kappa shape index (κ2) is 7.52. The molecule has 0 aliphatic heterocycles. The van der Waals surface area contributed by atoms with Gasteiger partial charge in [0.15, 0.2) is 0 Å². The predicted octanol–water partition coefficient (Wildman–Crippen LogP) is 1.04. The van der Waals surface area contributed by atoms with Crippen molar-refractivity contribution < 1.29 is 19.4 Å². The number of carbonyl (C=O) groups is 1. The number of nitrogens with one attached hydrogen (secondary N) is 1.